The van der Waals surface area contributed by atoms with Crippen molar-refractivity contribution in [1.29, 1.82) is 0 Å². The maximum absolute atomic E-state index is 12.4. The third-order valence-electron chi connectivity index (χ3n) is 5.63. The van der Waals surface area contributed by atoms with Gasteiger partial charge in [-0.15, -0.1) is 0 Å². The van der Waals surface area contributed by atoms with Gasteiger partial charge in [-0.3, -0.25) is 9.59 Å². The lowest BCUT2D eigenvalue weighted by atomic mass is 9.97. The summed E-state index contributed by atoms with van der Waals surface area (Å²) in [6.07, 6.45) is 10.2. The van der Waals surface area contributed by atoms with E-state index in [-0.39, 0.29) is 24.1 Å². The van der Waals surface area contributed by atoms with Gasteiger partial charge in [-0.2, -0.15) is 0 Å². The molecule has 4 heteroatoms. The van der Waals surface area contributed by atoms with Crippen molar-refractivity contribution >= 4 is 11.9 Å². The zero-order chi connectivity index (χ0) is 21.1. The molecule has 0 spiro atoms. The number of aryl methyl sites for hydroxylation is 1. The average molecular weight is 403 g/mol. The van der Waals surface area contributed by atoms with Gasteiger partial charge in [0.25, 0.3) is 0 Å². The molecule has 1 aromatic rings. The van der Waals surface area contributed by atoms with Crippen LogP contribution in [-0.4, -0.2) is 11.9 Å². The number of benzene rings is 1. The van der Waals surface area contributed by atoms with Gasteiger partial charge in [0.2, 0.25) is 0 Å². The van der Waals surface area contributed by atoms with Gasteiger partial charge in [-0.05, 0) is 50.2 Å². The largest absolute Gasteiger partial charge is 0.457 e. The maximum atomic E-state index is 12.4. The third-order valence-corrected chi connectivity index (χ3v) is 5.63. The SMILES string of the molecule is CCCCCCC(=O)OC1CCCC(OC(=O)CCCCC)c2ccc(C)cc21. The summed E-state index contributed by atoms with van der Waals surface area (Å²) >= 11 is 0. The third kappa shape index (κ3) is 7.83. The number of esters is 2. The monoisotopic (exact) mass is 402 g/mol. The fourth-order valence-electron chi connectivity index (χ4n) is 3.96. The van der Waals surface area contributed by atoms with Gasteiger partial charge in [0.15, 0.2) is 0 Å². The summed E-state index contributed by atoms with van der Waals surface area (Å²) in [6.45, 7) is 6.33. The van der Waals surface area contributed by atoms with Crippen molar-refractivity contribution in [1.82, 2.24) is 0 Å². The van der Waals surface area contributed by atoms with Crippen molar-refractivity contribution in [3.8, 4) is 0 Å². The Balaban J connectivity index is 2.06. The molecule has 0 amide bonds. The molecule has 162 valence electrons. The first kappa shape index (κ1) is 23.4. The highest BCUT2D eigenvalue weighted by Crippen LogP contribution is 2.39. The topological polar surface area (TPSA) is 52.6 Å². The number of hydrogen-bond donors (Lipinski definition) is 0. The lowest BCUT2D eigenvalue weighted by molar-refractivity contribution is -0.151. The Morgan fingerprint density at radius 1 is 0.828 bits per heavy atom. The quantitative estimate of drug-likeness (QED) is 0.229. The first-order valence-electron chi connectivity index (χ1n) is 11.5. The molecule has 0 aromatic heterocycles. The van der Waals surface area contributed by atoms with Crippen LogP contribution in [0.5, 0.6) is 0 Å². The lowest BCUT2D eigenvalue weighted by Gasteiger charge is -2.22. The number of carbonyl (C=O) groups excluding carboxylic acids is 2. The Bertz CT molecular complexity index is 652. The number of fused-ring (bicyclic) bond motifs is 1. The fourth-order valence-corrected chi connectivity index (χ4v) is 3.96. The van der Waals surface area contributed by atoms with E-state index in [2.05, 4.69) is 19.9 Å². The second-order valence-electron chi connectivity index (χ2n) is 8.29. The molecule has 0 heterocycles. The molecule has 0 saturated carbocycles. The molecule has 1 aliphatic rings. The molecule has 1 aromatic carbocycles. The molecular formula is C25H38O4. The minimum atomic E-state index is -0.243. The zero-order valence-electron chi connectivity index (χ0n) is 18.5. The molecule has 0 fully saturated rings. The molecule has 2 unspecified atom stereocenters. The standard InChI is InChI=1S/C25H38O4/c1-4-6-8-10-15-25(27)29-23-13-11-12-22(28-24(26)14-9-7-5-2)20-17-16-19(3)18-21(20)23/h16-18,22-23H,4-15H2,1-3H3. The predicted molar refractivity (Wildman–Crippen MR) is 116 cm³/mol. The summed E-state index contributed by atoms with van der Waals surface area (Å²) in [5, 5.41) is 0. The second kappa shape index (κ2) is 12.7. The molecule has 0 radical (unpaired) electrons. The molecule has 4 nitrogen and oxygen atoms in total. The van der Waals surface area contributed by atoms with E-state index in [9.17, 15) is 9.59 Å². The molecule has 1 aliphatic carbocycles. The van der Waals surface area contributed by atoms with Crippen LogP contribution in [0.4, 0.5) is 0 Å². The first-order chi connectivity index (χ1) is 14.0. The smallest absolute Gasteiger partial charge is 0.306 e. The van der Waals surface area contributed by atoms with Crippen LogP contribution in [0.2, 0.25) is 0 Å². The summed E-state index contributed by atoms with van der Waals surface area (Å²) in [4.78, 5) is 24.7. The van der Waals surface area contributed by atoms with E-state index >= 15 is 0 Å². The van der Waals surface area contributed by atoms with E-state index < -0.39 is 0 Å². The van der Waals surface area contributed by atoms with Crippen LogP contribution in [0.15, 0.2) is 18.2 Å². The van der Waals surface area contributed by atoms with E-state index in [1.807, 2.05) is 19.1 Å². The van der Waals surface area contributed by atoms with E-state index in [1.54, 1.807) is 0 Å². The molecular weight excluding hydrogens is 364 g/mol. The van der Waals surface area contributed by atoms with Crippen LogP contribution in [0.1, 0.15) is 120 Å². The summed E-state index contributed by atoms with van der Waals surface area (Å²) < 4.78 is 11.7. The molecule has 2 atom stereocenters. The highest BCUT2D eigenvalue weighted by atomic mass is 16.5. The summed E-state index contributed by atoms with van der Waals surface area (Å²) in [6, 6.07) is 6.18. The zero-order valence-corrected chi connectivity index (χ0v) is 18.5. The first-order valence-corrected chi connectivity index (χ1v) is 11.5. The van der Waals surface area contributed by atoms with Crippen molar-refractivity contribution in [3.63, 3.8) is 0 Å². The maximum Gasteiger partial charge on any atom is 0.306 e. The minimum absolute atomic E-state index is 0.117. The van der Waals surface area contributed by atoms with Crippen LogP contribution >= 0.6 is 0 Å². The molecule has 0 aliphatic heterocycles. The number of hydrogen-bond acceptors (Lipinski definition) is 4. The summed E-state index contributed by atoms with van der Waals surface area (Å²) in [5.41, 5.74) is 3.14. The van der Waals surface area contributed by atoms with Crippen molar-refractivity contribution in [2.75, 3.05) is 0 Å². The molecule has 2 rings (SSSR count). The fraction of sp³-hybridized carbons (Fsp3) is 0.680. The Kier molecular flexibility index (Phi) is 10.2. The molecule has 0 saturated heterocycles. The highest BCUT2D eigenvalue weighted by molar-refractivity contribution is 5.70. The predicted octanol–water partition coefficient (Wildman–Crippen LogP) is 6.90. The van der Waals surface area contributed by atoms with Crippen LogP contribution in [-0.2, 0) is 19.1 Å². The van der Waals surface area contributed by atoms with Crippen molar-refractivity contribution in [2.24, 2.45) is 0 Å². The van der Waals surface area contributed by atoms with Gasteiger partial charge in [0, 0.05) is 12.8 Å². The number of unbranched alkanes of at least 4 members (excludes halogenated alkanes) is 5. The second-order valence-corrected chi connectivity index (χ2v) is 8.29. The number of rotatable bonds is 11. The van der Waals surface area contributed by atoms with Crippen molar-refractivity contribution < 1.29 is 19.1 Å². The lowest BCUT2D eigenvalue weighted by Crippen LogP contribution is -2.14. The molecule has 0 bridgehead atoms. The van der Waals surface area contributed by atoms with Gasteiger partial charge in [-0.1, -0.05) is 69.7 Å². The Morgan fingerprint density at radius 2 is 1.38 bits per heavy atom. The van der Waals surface area contributed by atoms with Gasteiger partial charge in [0.05, 0.1) is 0 Å². The van der Waals surface area contributed by atoms with Crippen LogP contribution in [0.25, 0.3) is 0 Å². The summed E-state index contributed by atoms with van der Waals surface area (Å²) in [7, 11) is 0. The van der Waals surface area contributed by atoms with Gasteiger partial charge in [0.1, 0.15) is 12.2 Å². The Labute approximate surface area is 176 Å². The van der Waals surface area contributed by atoms with Crippen molar-refractivity contribution in [3.05, 3.63) is 34.9 Å². The van der Waals surface area contributed by atoms with Crippen molar-refractivity contribution in [2.45, 2.75) is 110 Å². The van der Waals surface area contributed by atoms with E-state index in [0.717, 1.165) is 80.9 Å². The molecule has 0 N–H and O–H groups in total. The van der Waals surface area contributed by atoms with E-state index in [4.69, 9.17) is 9.47 Å². The average Bonchev–Trinajstić information content (AvgIpc) is 2.85. The van der Waals surface area contributed by atoms with E-state index in [0.29, 0.717) is 12.8 Å². The van der Waals surface area contributed by atoms with Gasteiger partial charge in [-0.25, -0.2) is 0 Å². The number of ether oxygens (including phenoxy) is 2. The Hall–Kier alpha value is -1.84. The van der Waals surface area contributed by atoms with Crippen LogP contribution < -0.4 is 0 Å². The molecule has 29 heavy (non-hydrogen) atoms. The normalized spacial score (nSPS) is 18.6. The van der Waals surface area contributed by atoms with Gasteiger partial charge < -0.3 is 9.47 Å². The highest BCUT2D eigenvalue weighted by Gasteiger charge is 2.29. The van der Waals surface area contributed by atoms with Gasteiger partial charge >= 0.3 is 11.9 Å². The van der Waals surface area contributed by atoms with E-state index in [1.165, 1.54) is 0 Å². The number of carbonyl (C=O) groups is 2. The van der Waals surface area contributed by atoms with Crippen LogP contribution in [0.3, 0.4) is 0 Å². The minimum Gasteiger partial charge on any atom is -0.457 e. The summed E-state index contributed by atoms with van der Waals surface area (Å²) in [5.74, 6) is -0.241. The van der Waals surface area contributed by atoms with Crippen LogP contribution in [0, 0.1) is 6.92 Å². The Morgan fingerprint density at radius 3 is 2.00 bits per heavy atom.